The Morgan fingerprint density at radius 2 is 2.00 bits per heavy atom. The minimum absolute atomic E-state index is 0. The van der Waals surface area contributed by atoms with Gasteiger partial charge in [-0.2, -0.15) is 0 Å². The van der Waals surface area contributed by atoms with Crippen molar-refractivity contribution in [3.63, 3.8) is 0 Å². The minimum Gasteiger partial charge on any atom is -0.698 e. The molecular weight excluding hydrogens is 452 g/mol. The van der Waals surface area contributed by atoms with E-state index in [-0.39, 0.29) is 44.1 Å². The van der Waals surface area contributed by atoms with E-state index in [1.165, 1.54) is 5.56 Å². The molecule has 0 aliphatic rings. The summed E-state index contributed by atoms with van der Waals surface area (Å²) < 4.78 is 1.02. The van der Waals surface area contributed by atoms with Gasteiger partial charge >= 0.3 is 0 Å². The zero-order valence-corrected chi connectivity index (χ0v) is 12.6. The van der Waals surface area contributed by atoms with E-state index in [2.05, 4.69) is 22.6 Å². The largest absolute Gasteiger partial charge is 0.698 e. The van der Waals surface area contributed by atoms with Crippen LogP contribution in [0.3, 0.4) is 0 Å². The van der Waals surface area contributed by atoms with Crippen LogP contribution in [0.2, 0.25) is 0 Å². The molecule has 0 amide bonds. The predicted molar refractivity (Wildman–Crippen MR) is 47.9 cm³/mol. The second kappa shape index (κ2) is 4.95. The molecule has 1 N–H and O–H groups in total. The number of aryl methyl sites for hydroxylation is 1. The van der Waals surface area contributed by atoms with Crippen LogP contribution in [-0.2, 0) is 0 Å². The molecule has 0 unspecified atom stereocenters. The van der Waals surface area contributed by atoms with Crippen LogP contribution in [-0.4, -0.2) is 0 Å². The maximum absolute atomic E-state index is 7.31. The third-order valence-electron chi connectivity index (χ3n) is 1.12. The molecule has 1 aromatic rings. The van der Waals surface area contributed by atoms with Gasteiger partial charge in [-0.25, -0.2) is 0 Å². The van der Waals surface area contributed by atoms with Crippen molar-refractivity contribution < 1.29 is 44.1 Å². The molecule has 1 radical (unpaired) electrons. The molecule has 1 aromatic carbocycles. The zero-order valence-electron chi connectivity index (χ0n) is 5.69. The number of rotatable bonds is 0. The molecule has 0 bridgehead atoms. The Morgan fingerprint density at radius 3 is 2.40 bits per heavy atom. The summed E-state index contributed by atoms with van der Waals surface area (Å²) in [6.45, 7) is 2.03. The van der Waals surface area contributed by atoms with Crippen molar-refractivity contribution in [2.24, 2.45) is 0 Å². The maximum atomic E-state index is 7.31. The first kappa shape index (κ1) is 11.2. The van der Waals surface area contributed by atoms with E-state index in [9.17, 15) is 0 Å². The minimum atomic E-state index is 0. The van der Waals surface area contributed by atoms with Gasteiger partial charge < -0.3 is 5.73 Å². The predicted octanol–water partition coefficient (Wildman–Crippen LogP) is 3.28. The van der Waals surface area contributed by atoms with Crippen molar-refractivity contribution in [1.82, 2.24) is 0 Å². The fraction of sp³-hybridized carbons (Fsp3) is 0.143. The standard InChI is InChI=1S/C7H7IN.Ac/c1-5-2-3-7(9)6(8)4-5;/h2-4,9H,1H3;/q-1;. The van der Waals surface area contributed by atoms with Crippen molar-refractivity contribution in [3.8, 4) is 0 Å². The molecule has 0 aliphatic heterocycles. The second-order valence-electron chi connectivity index (χ2n) is 1.98. The Balaban J connectivity index is 0.000000810. The van der Waals surface area contributed by atoms with Crippen LogP contribution >= 0.6 is 22.6 Å². The van der Waals surface area contributed by atoms with E-state index in [1.54, 1.807) is 0 Å². The Labute approximate surface area is 110 Å². The molecule has 0 saturated carbocycles. The first-order valence-corrected chi connectivity index (χ1v) is 3.76. The fourth-order valence-electron chi connectivity index (χ4n) is 0.620. The monoisotopic (exact) mass is 459 g/mol. The molecule has 0 heterocycles. The molecule has 3 heteroatoms. The number of halogens is 1. The fourth-order valence-corrected chi connectivity index (χ4v) is 1.29. The van der Waals surface area contributed by atoms with Crippen molar-refractivity contribution in [1.29, 1.82) is 0 Å². The molecule has 0 spiro atoms. The quantitative estimate of drug-likeness (QED) is 0.533. The number of nitrogens with one attached hydrogen (secondary N) is 1. The molecular formula is C7H7AcIN-. The van der Waals surface area contributed by atoms with Crippen LogP contribution in [0.15, 0.2) is 18.2 Å². The van der Waals surface area contributed by atoms with E-state index in [4.69, 9.17) is 5.73 Å². The smallest absolute Gasteiger partial charge is 0 e. The maximum Gasteiger partial charge on any atom is 0 e. The third-order valence-corrected chi connectivity index (χ3v) is 2.02. The SMILES string of the molecule is Cc1ccc([NH-])c(I)c1.[Ac]. The zero-order chi connectivity index (χ0) is 6.85. The van der Waals surface area contributed by atoms with Gasteiger partial charge in [0.25, 0.3) is 0 Å². The van der Waals surface area contributed by atoms with Crippen molar-refractivity contribution in [2.45, 2.75) is 6.92 Å². The summed E-state index contributed by atoms with van der Waals surface area (Å²) >= 11 is 2.16. The summed E-state index contributed by atoms with van der Waals surface area (Å²) in [6, 6.07) is 5.77. The third kappa shape index (κ3) is 3.06. The van der Waals surface area contributed by atoms with Crippen molar-refractivity contribution >= 4 is 28.3 Å². The van der Waals surface area contributed by atoms with Crippen LogP contribution in [0.5, 0.6) is 0 Å². The van der Waals surface area contributed by atoms with Crippen LogP contribution < -0.4 is 0 Å². The molecule has 0 aliphatic carbocycles. The van der Waals surface area contributed by atoms with Gasteiger partial charge in [0, 0.05) is 44.1 Å². The van der Waals surface area contributed by atoms with Gasteiger partial charge in [-0.05, 0) is 39.2 Å². The van der Waals surface area contributed by atoms with E-state index in [0.717, 1.165) is 3.57 Å². The molecule has 10 heavy (non-hydrogen) atoms. The Kier molecular flexibility index (Phi) is 5.54. The average Bonchev–Trinajstić information content (AvgIpc) is 1.80. The Hall–Kier alpha value is 1.19. The Bertz CT molecular complexity index is 225. The average molecular weight is 459 g/mol. The second-order valence-corrected chi connectivity index (χ2v) is 3.15. The number of hydrogen-bond donors (Lipinski definition) is 0. The summed E-state index contributed by atoms with van der Waals surface area (Å²) in [5.74, 6) is 0. The first-order valence-electron chi connectivity index (χ1n) is 2.68. The topological polar surface area (TPSA) is 23.8 Å². The van der Waals surface area contributed by atoms with Crippen LogP contribution in [0.1, 0.15) is 5.56 Å². The molecule has 0 aromatic heterocycles. The van der Waals surface area contributed by atoms with Gasteiger partial charge in [-0.1, -0.05) is 17.7 Å². The van der Waals surface area contributed by atoms with Gasteiger partial charge in [-0.15, -0.1) is 5.69 Å². The summed E-state index contributed by atoms with van der Waals surface area (Å²) in [6.07, 6.45) is 0. The van der Waals surface area contributed by atoms with E-state index in [1.807, 2.05) is 25.1 Å². The number of hydrogen-bond acceptors (Lipinski definition) is 0. The van der Waals surface area contributed by atoms with Gasteiger partial charge in [0.1, 0.15) is 0 Å². The van der Waals surface area contributed by atoms with E-state index in [0.29, 0.717) is 5.69 Å². The first-order chi connectivity index (χ1) is 4.20. The molecule has 0 saturated heterocycles. The number of benzene rings is 1. The molecule has 51 valence electrons. The molecule has 0 fully saturated rings. The van der Waals surface area contributed by atoms with Crippen LogP contribution in [0, 0.1) is 54.6 Å². The van der Waals surface area contributed by atoms with Crippen LogP contribution in [0.4, 0.5) is 5.69 Å². The summed E-state index contributed by atoms with van der Waals surface area (Å²) in [5, 5.41) is 0. The molecule has 1 rings (SSSR count). The van der Waals surface area contributed by atoms with Crippen LogP contribution in [0.25, 0.3) is 5.73 Å². The van der Waals surface area contributed by atoms with Crippen molar-refractivity contribution in [2.75, 3.05) is 0 Å². The van der Waals surface area contributed by atoms with Gasteiger partial charge in [0.05, 0.1) is 0 Å². The van der Waals surface area contributed by atoms with Gasteiger partial charge in [0.15, 0.2) is 0 Å². The Morgan fingerprint density at radius 1 is 1.40 bits per heavy atom. The molecule has 0 atom stereocenters. The van der Waals surface area contributed by atoms with Gasteiger partial charge in [0.2, 0.25) is 0 Å². The normalized spacial score (nSPS) is 8.60. The van der Waals surface area contributed by atoms with Gasteiger partial charge in [-0.3, -0.25) is 0 Å². The van der Waals surface area contributed by atoms with E-state index >= 15 is 0 Å². The summed E-state index contributed by atoms with van der Waals surface area (Å²) in [7, 11) is 0. The van der Waals surface area contributed by atoms with E-state index < -0.39 is 0 Å². The van der Waals surface area contributed by atoms with Crippen molar-refractivity contribution in [3.05, 3.63) is 33.1 Å². The molecule has 1 nitrogen and oxygen atoms in total. The summed E-state index contributed by atoms with van der Waals surface area (Å²) in [5.41, 5.74) is 9.14. The summed E-state index contributed by atoms with van der Waals surface area (Å²) in [4.78, 5) is 0.